The van der Waals surface area contributed by atoms with Gasteiger partial charge in [0.25, 0.3) is 5.91 Å². The molecule has 134 valence electrons. The van der Waals surface area contributed by atoms with Crippen molar-refractivity contribution in [1.82, 2.24) is 10.3 Å². The van der Waals surface area contributed by atoms with Gasteiger partial charge in [0.2, 0.25) is 5.91 Å². The SMILES string of the molecule is Cc1cc(NC(=O)CCNC(=O)c2ccc3sc(Cl)nc3c2)ccc1F. The maximum Gasteiger partial charge on any atom is 0.251 e. The maximum atomic E-state index is 13.2. The van der Waals surface area contributed by atoms with Crippen LogP contribution < -0.4 is 10.6 Å². The Morgan fingerprint density at radius 3 is 2.81 bits per heavy atom. The highest BCUT2D eigenvalue weighted by Crippen LogP contribution is 2.26. The number of thiazole rings is 1. The number of rotatable bonds is 5. The van der Waals surface area contributed by atoms with Gasteiger partial charge in [-0.05, 0) is 48.9 Å². The van der Waals surface area contributed by atoms with E-state index in [1.807, 2.05) is 0 Å². The van der Waals surface area contributed by atoms with Crippen molar-refractivity contribution in [2.75, 3.05) is 11.9 Å². The van der Waals surface area contributed by atoms with Gasteiger partial charge >= 0.3 is 0 Å². The van der Waals surface area contributed by atoms with Gasteiger partial charge in [-0.3, -0.25) is 9.59 Å². The molecule has 5 nitrogen and oxygen atoms in total. The molecular weight excluding hydrogens is 377 g/mol. The van der Waals surface area contributed by atoms with Crippen LogP contribution in [0.25, 0.3) is 10.2 Å². The first-order valence-electron chi connectivity index (χ1n) is 7.82. The lowest BCUT2D eigenvalue weighted by Crippen LogP contribution is -2.27. The molecule has 0 atom stereocenters. The molecule has 8 heteroatoms. The standard InChI is InChI=1S/C18H15ClFN3O2S/c1-10-8-12(3-4-13(10)20)22-16(24)6-7-21-17(25)11-2-5-15-14(9-11)23-18(19)26-15/h2-5,8-9H,6-7H2,1H3,(H,21,25)(H,22,24). The lowest BCUT2D eigenvalue weighted by atomic mass is 10.2. The molecule has 3 aromatic rings. The normalized spacial score (nSPS) is 10.7. The molecule has 0 spiro atoms. The average molecular weight is 392 g/mol. The minimum Gasteiger partial charge on any atom is -0.352 e. The van der Waals surface area contributed by atoms with Gasteiger partial charge in [-0.2, -0.15) is 0 Å². The third-order valence-electron chi connectivity index (χ3n) is 3.70. The van der Waals surface area contributed by atoms with E-state index in [2.05, 4.69) is 15.6 Å². The van der Waals surface area contributed by atoms with Crippen LogP contribution in [-0.4, -0.2) is 23.3 Å². The monoisotopic (exact) mass is 391 g/mol. The van der Waals surface area contributed by atoms with Crippen LogP contribution in [0.2, 0.25) is 4.47 Å². The van der Waals surface area contributed by atoms with Gasteiger partial charge in [0.15, 0.2) is 4.47 Å². The van der Waals surface area contributed by atoms with E-state index in [0.29, 0.717) is 26.8 Å². The Balaban J connectivity index is 1.52. The van der Waals surface area contributed by atoms with Crippen LogP contribution in [0.5, 0.6) is 0 Å². The molecule has 1 heterocycles. The molecule has 0 bridgehead atoms. The number of anilines is 1. The fraction of sp³-hybridized carbons (Fsp3) is 0.167. The predicted octanol–water partition coefficient (Wildman–Crippen LogP) is 4.16. The minimum absolute atomic E-state index is 0.104. The number of hydrogen-bond donors (Lipinski definition) is 2. The van der Waals surface area contributed by atoms with Gasteiger partial charge in [-0.25, -0.2) is 9.37 Å². The Bertz CT molecular complexity index is 990. The van der Waals surface area contributed by atoms with Gasteiger partial charge in [-0.1, -0.05) is 11.6 Å². The minimum atomic E-state index is -0.325. The first kappa shape index (κ1) is 18.3. The average Bonchev–Trinajstić information content (AvgIpc) is 2.97. The van der Waals surface area contributed by atoms with Crippen molar-refractivity contribution in [2.45, 2.75) is 13.3 Å². The van der Waals surface area contributed by atoms with Crippen molar-refractivity contribution in [3.8, 4) is 0 Å². The van der Waals surface area contributed by atoms with Gasteiger partial charge in [0.05, 0.1) is 10.2 Å². The van der Waals surface area contributed by atoms with Crippen LogP contribution in [0.4, 0.5) is 10.1 Å². The third kappa shape index (κ3) is 4.36. The van der Waals surface area contributed by atoms with E-state index < -0.39 is 0 Å². The van der Waals surface area contributed by atoms with Crippen molar-refractivity contribution < 1.29 is 14.0 Å². The number of halogens is 2. The summed E-state index contributed by atoms with van der Waals surface area (Å²) in [6.07, 6.45) is 0.104. The second-order valence-corrected chi connectivity index (χ2v) is 7.28. The molecule has 2 N–H and O–H groups in total. The maximum absolute atomic E-state index is 13.2. The number of carbonyl (C=O) groups excluding carboxylic acids is 2. The van der Waals surface area contributed by atoms with E-state index in [4.69, 9.17) is 11.6 Å². The van der Waals surface area contributed by atoms with E-state index >= 15 is 0 Å². The molecule has 26 heavy (non-hydrogen) atoms. The molecule has 0 aliphatic heterocycles. The molecule has 0 aliphatic carbocycles. The number of benzene rings is 2. The number of fused-ring (bicyclic) bond motifs is 1. The Hall–Kier alpha value is -2.51. The molecule has 0 aliphatic rings. The van der Waals surface area contributed by atoms with Gasteiger partial charge in [-0.15, -0.1) is 11.3 Å². The van der Waals surface area contributed by atoms with E-state index in [1.165, 1.54) is 23.5 Å². The van der Waals surface area contributed by atoms with Crippen molar-refractivity contribution in [1.29, 1.82) is 0 Å². The van der Waals surface area contributed by atoms with Crippen molar-refractivity contribution in [2.24, 2.45) is 0 Å². The number of carbonyl (C=O) groups is 2. The van der Waals surface area contributed by atoms with E-state index in [-0.39, 0.29) is 30.6 Å². The fourth-order valence-electron chi connectivity index (χ4n) is 2.38. The molecule has 0 saturated heterocycles. The van der Waals surface area contributed by atoms with Crippen LogP contribution in [0.1, 0.15) is 22.3 Å². The first-order chi connectivity index (χ1) is 12.4. The number of nitrogens with one attached hydrogen (secondary N) is 2. The summed E-state index contributed by atoms with van der Waals surface area (Å²) in [4.78, 5) is 28.2. The quantitative estimate of drug-likeness (QED) is 0.686. The Morgan fingerprint density at radius 1 is 1.23 bits per heavy atom. The summed E-state index contributed by atoms with van der Waals surface area (Å²) in [5.41, 5.74) is 2.09. The van der Waals surface area contributed by atoms with E-state index in [0.717, 1.165) is 4.70 Å². The van der Waals surface area contributed by atoms with E-state index in [1.54, 1.807) is 31.2 Å². The summed E-state index contributed by atoms with van der Waals surface area (Å²) >= 11 is 7.20. The zero-order valence-corrected chi connectivity index (χ0v) is 15.4. The Labute approximate surface area is 158 Å². The number of hydrogen-bond acceptors (Lipinski definition) is 4. The molecule has 0 fully saturated rings. The highest BCUT2D eigenvalue weighted by atomic mass is 35.5. The third-order valence-corrected chi connectivity index (χ3v) is 4.84. The number of amides is 2. The van der Waals surface area contributed by atoms with E-state index in [9.17, 15) is 14.0 Å². The lowest BCUT2D eigenvalue weighted by Gasteiger charge is -2.08. The summed E-state index contributed by atoms with van der Waals surface area (Å²) in [5.74, 6) is -0.881. The molecule has 0 radical (unpaired) electrons. The summed E-state index contributed by atoms with van der Waals surface area (Å²) in [6.45, 7) is 1.80. The lowest BCUT2D eigenvalue weighted by molar-refractivity contribution is -0.116. The van der Waals surface area contributed by atoms with Crippen LogP contribution in [0.15, 0.2) is 36.4 Å². The zero-order chi connectivity index (χ0) is 18.7. The molecule has 0 saturated carbocycles. The molecule has 1 aromatic heterocycles. The predicted molar refractivity (Wildman–Crippen MR) is 101 cm³/mol. The second-order valence-electron chi connectivity index (χ2n) is 5.67. The summed E-state index contributed by atoms with van der Waals surface area (Å²) in [7, 11) is 0. The highest BCUT2D eigenvalue weighted by molar-refractivity contribution is 7.22. The van der Waals surface area contributed by atoms with Crippen molar-refractivity contribution >= 4 is 50.7 Å². The molecular formula is C18H15ClFN3O2S. The number of aromatic nitrogens is 1. The largest absolute Gasteiger partial charge is 0.352 e. The summed E-state index contributed by atoms with van der Waals surface area (Å²) in [5, 5.41) is 5.36. The molecule has 2 amide bonds. The van der Waals surface area contributed by atoms with Crippen LogP contribution in [0, 0.1) is 12.7 Å². The number of nitrogens with zero attached hydrogens (tertiary/aromatic N) is 1. The molecule has 2 aromatic carbocycles. The van der Waals surface area contributed by atoms with Crippen LogP contribution in [0.3, 0.4) is 0 Å². The van der Waals surface area contributed by atoms with Crippen LogP contribution in [-0.2, 0) is 4.79 Å². The van der Waals surface area contributed by atoms with Crippen molar-refractivity contribution in [3.05, 3.63) is 57.8 Å². The van der Waals surface area contributed by atoms with Gasteiger partial charge in [0, 0.05) is 24.2 Å². The summed E-state index contributed by atoms with van der Waals surface area (Å²) < 4.78 is 14.5. The van der Waals surface area contributed by atoms with Crippen LogP contribution >= 0.6 is 22.9 Å². The molecule has 3 rings (SSSR count). The zero-order valence-electron chi connectivity index (χ0n) is 13.8. The Kier molecular flexibility index (Phi) is 5.49. The first-order valence-corrected chi connectivity index (χ1v) is 9.02. The summed E-state index contributed by atoms with van der Waals surface area (Å²) in [6, 6.07) is 9.49. The van der Waals surface area contributed by atoms with Crippen molar-refractivity contribution in [3.63, 3.8) is 0 Å². The smallest absolute Gasteiger partial charge is 0.251 e. The fourth-order valence-corrected chi connectivity index (χ4v) is 3.39. The second kappa shape index (κ2) is 7.80. The number of aryl methyl sites for hydroxylation is 1. The Morgan fingerprint density at radius 2 is 2.04 bits per heavy atom. The molecule has 0 unspecified atom stereocenters. The van der Waals surface area contributed by atoms with Gasteiger partial charge < -0.3 is 10.6 Å². The highest BCUT2D eigenvalue weighted by Gasteiger charge is 2.10. The topological polar surface area (TPSA) is 71.1 Å². The van der Waals surface area contributed by atoms with Gasteiger partial charge in [0.1, 0.15) is 5.82 Å².